The third-order valence-electron chi connectivity index (χ3n) is 2.99. The first kappa shape index (κ1) is 18.7. The molecule has 22 heavy (non-hydrogen) atoms. The van der Waals surface area contributed by atoms with E-state index in [2.05, 4.69) is 43.5 Å². The number of nitrogens with one attached hydrogen (secondary N) is 3. The molecule has 0 bridgehead atoms. The van der Waals surface area contributed by atoms with Crippen molar-refractivity contribution in [2.75, 3.05) is 7.11 Å². The van der Waals surface area contributed by atoms with Gasteiger partial charge in [-0.2, -0.15) is 0 Å². The molecule has 0 heterocycles. The number of hydrogen-bond acceptors (Lipinski definition) is 4. The van der Waals surface area contributed by atoms with Gasteiger partial charge in [-0.05, 0) is 45.7 Å². The number of halogens is 1. The van der Waals surface area contributed by atoms with Crippen molar-refractivity contribution in [1.29, 1.82) is 0 Å². The van der Waals surface area contributed by atoms with Crippen LogP contribution in [0, 0.1) is 8.99 Å². The summed E-state index contributed by atoms with van der Waals surface area (Å²) >= 11 is 2.23. The molecule has 0 radical (unpaired) electrons. The average molecular weight is 419 g/mol. The Kier molecular flexibility index (Phi) is 7.08. The van der Waals surface area contributed by atoms with Crippen LogP contribution in [-0.2, 0) is 16.1 Å². The van der Waals surface area contributed by atoms with E-state index >= 15 is 0 Å². The van der Waals surface area contributed by atoms with Crippen molar-refractivity contribution in [3.8, 4) is 0 Å². The summed E-state index contributed by atoms with van der Waals surface area (Å²) in [7, 11) is 1.27. The SMILES string of the molecule is COC(=O)N[C@H](C(=O)NNCc1ccc(I)cc1)C(C)(C)C. The fourth-order valence-electron chi connectivity index (χ4n) is 1.76. The minimum Gasteiger partial charge on any atom is -0.453 e. The van der Waals surface area contributed by atoms with E-state index in [9.17, 15) is 9.59 Å². The molecule has 1 rings (SSSR count). The highest BCUT2D eigenvalue weighted by Crippen LogP contribution is 2.19. The minimum absolute atomic E-state index is 0.316. The maximum atomic E-state index is 12.2. The molecule has 122 valence electrons. The van der Waals surface area contributed by atoms with E-state index in [0.717, 1.165) is 9.13 Å². The maximum absolute atomic E-state index is 12.2. The molecule has 0 spiro atoms. The highest BCUT2D eigenvalue weighted by Gasteiger charge is 2.33. The number of hydrogen-bond donors (Lipinski definition) is 3. The number of alkyl carbamates (subject to hydrolysis) is 1. The average Bonchev–Trinajstić information content (AvgIpc) is 2.45. The molecule has 1 aromatic rings. The zero-order valence-electron chi connectivity index (χ0n) is 13.2. The second-order valence-corrected chi connectivity index (χ2v) is 7.15. The summed E-state index contributed by atoms with van der Waals surface area (Å²) in [6.07, 6.45) is -0.632. The van der Waals surface area contributed by atoms with Gasteiger partial charge in [0.1, 0.15) is 6.04 Å². The van der Waals surface area contributed by atoms with Gasteiger partial charge in [-0.15, -0.1) is 0 Å². The maximum Gasteiger partial charge on any atom is 0.407 e. The predicted molar refractivity (Wildman–Crippen MR) is 92.9 cm³/mol. The topological polar surface area (TPSA) is 79.5 Å². The Morgan fingerprint density at radius 3 is 2.32 bits per heavy atom. The number of carbonyl (C=O) groups excluding carboxylic acids is 2. The van der Waals surface area contributed by atoms with E-state index in [1.807, 2.05) is 45.0 Å². The monoisotopic (exact) mass is 419 g/mol. The molecule has 0 aliphatic carbocycles. The molecule has 0 fully saturated rings. The normalized spacial score (nSPS) is 12.4. The number of hydrazine groups is 1. The Morgan fingerprint density at radius 1 is 1.23 bits per heavy atom. The Balaban J connectivity index is 2.56. The third-order valence-corrected chi connectivity index (χ3v) is 3.71. The summed E-state index contributed by atoms with van der Waals surface area (Å²) in [4.78, 5) is 23.6. The van der Waals surface area contributed by atoms with Gasteiger partial charge >= 0.3 is 6.09 Å². The smallest absolute Gasteiger partial charge is 0.407 e. The quantitative estimate of drug-likeness (QED) is 0.505. The Labute approximate surface area is 144 Å². The molecule has 3 N–H and O–H groups in total. The van der Waals surface area contributed by atoms with Gasteiger partial charge in [0.25, 0.3) is 5.91 Å². The standard InChI is InChI=1S/C15H22IN3O3/c1-15(2,3)12(18-14(21)22-4)13(20)19-17-9-10-5-7-11(16)8-6-10/h5-8,12,17H,9H2,1-4H3,(H,18,21)(H,19,20)/t12-/m1/s1. The molecule has 1 atom stereocenters. The van der Waals surface area contributed by atoms with Crippen molar-refractivity contribution in [2.45, 2.75) is 33.4 Å². The fourth-order valence-corrected chi connectivity index (χ4v) is 2.12. The predicted octanol–water partition coefficient (Wildman–Crippen LogP) is 2.18. The summed E-state index contributed by atoms with van der Waals surface area (Å²) in [5.41, 5.74) is 6.10. The van der Waals surface area contributed by atoms with E-state index in [0.29, 0.717) is 6.54 Å². The molecule has 7 heteroatoms. The number of methoxy groups -OCH3 is 1. The van der Waals surface area contributed by atoms with Crippen LogP contribution in [0.15, 0.2) is 24.3 Å². The van der Waals surface area contributed by atoms with Crippen LogP contribution in [0.4, 0.5) is 4.79 Å². The lowest BCUT2D eigenvalue weighted by atomic mass is 9.86. The third kappa shape index (κ3) is 6.18. The minimum atomic E-state index is -0.704. The molecule has 0 aromatic heterocycles. The van der Waals surface area contributed by atoms with Gasteiger partial charge in [0.2, 0.25) is 0 Å². The number of amides is 2. The van der Waals surface area contributed by atoms with Crippen LogP contribution < -0.4 is 16.2 Å². The zero-order chi connectivity index (χ0) is 16.8. The lowest BCUT2D eigenvalue weighted by Crippen LogP contribution is -2.56. The molecule has 1 aromatic carbocycles. The van der Waals surface area contributed by atoms with Gasteiger partial charge in [-0.1, -0.05) is 32.9 Å². The van der Waals surface area contributed by atoms with Crippen molar-refractivity contribution in [3.05, 3.63) is 33.4 Å². The van der Waals surface area contributed by atoms with Crippen molar-refractivity contribution in [1.82, 2.24) is 16.2 Å². The largest absolute Gasteiger partial charge is 0.453 e. The second kappa shape index (κ2) is 8.33. The molecule has 6 nitrogen and oxygen atoms in total. The van der Waals surface area contributed by atoms with Crippen molar-refractivity contribution in [3.63, 3.8) is 0 Å². The summed E-state index contributed by atoms with van der Waals surface area (Å²) < 4.78 is 5.71. The Morgan fingerprint density at radius 2 is 1.82 bits per heavy atom. The van der Waals surface area contributed by atoms with E-state index < -0.39 is 17.6 Å². The van der Waals surface area contributed by atoms with Crippen molar-refractivity contribution >= 4 is 34.6 Å². The summed E-state index contributed by atoms with van der Waals surface area (Å²) in [5, 5.41) is 2.55. The molecule has 0 unspecified atom stereocenters. The highest BCUT2D eigenvalue weighted by atomic mass is 127. The van der Waals surface area contributed by atoms with Crippen LogP contribution in [0.2, 0.25) is 0 Å². The molecule has 0 aliphatic heterocycles. The van der Waals surface area contributed by atoms with Gasteiger partial charge in [0.05, 0.1) is 7.11 Å². The lowest BCUT2D eigenvalue weighted by molar-refractivity contribution is -0.126. The molecular weight excluding hydrogens is 397 g/mol. The van der Waals surface area contributed by atoms with Crippen LogP contribution in [0.1, 0.15) is 26.3 Å². The molecule has 0 saturated carbocycles. The Bertz CT molecular complexity index is 512. The highest BCUT2D eigenvalue weighted by molar-refractivity contribution is 14.1. The Hall–Kier alpha value is -1.35. The number of rotatable bonds is 5. The summed E-state index contributed by atoms with van der Waals surface area (Å²) in [6.45, 7) is 6.10. The van der Waals surface area contributed by atoms with Gasteiger partial charge in [-0.25, -0.2) is 10.2 Å². The lowest BCUT2D eigenvalue weighted by Gasteiger charge is -2.29. The van der Waals surface area contributed by atoms with Gasteiger partial charge in [-0.3, -0.25) is 10.2 Å². The van der Waals surface area contributed by atoms with Crippen molar-refractivity contribution in [2.24, 2.45) is 5.41 Å². The fraction of sp³-hybridized carbons (Fsp3) is 0.467. The molecule has 2 amide bonds. The van der Waals surface area contributed by atoms with Crippen LogP contribution in [0.5, 0.6) is 0 Å². The summed E-state index contributed by atoms with van der Waals surface area (Å²) in [6, 6.07) is 7.25. The van der Waals surface area contributed by atoms with Gasteiger partial charge in [0.15, 0.2) is 0 Å². The molecule has 0 saturated heterocycles. The van der Waals surface area contributed by atoms with Crippen LogP contribution >= 0.6 is 22.6 Å². The molecular formula is C15H22IN3O3. The number of benzene rings is 1. The van der Waals surface area contributed by atoms with E-state index in [4.69, 9.17) is 0 Å². The van der Waals surface area contributed by atoms with Gasteiger partial charge in [0, 0.05) is 10.1 Å². The first-order valence-corrected chi connectivity index (χ1v) is 7.93. The van der Waals surface area contributed by atoms with E-state index in [1.165, 1.54) is 7.11 Å². The van der Waals surface area contributed by atoms with E-state index in [-0.39, 0.29) is 5.91 Å². The van der Waals surface area contributed by atoms with Gasteiger partial charge < -0.3 is 10.1 Å². The second-order valence-electron chi connectivity index (χ2n) is 5.90. The van der Waals surface area contributed by atoms with Crippen molar-refractivity contribution < 1.29 is 14.3 Å². The number of carbonyl (C=O) groups is 2. The number of ether oxygens (including phenoxy) is 1. The first-order valence-electron chi connectivity index (χ1n) is 6.85. The zero-order valence-corrected chi connectivity index (χ0v) is 15.4. The van der Waals surface area contributed by atoms with Crippen LogP contribution in [-0.4, -0.2) is 25.2 Å². The summed E-state index contributed by atoms with van der Waals surface area (Å²) in [5.74, 6) is -0.316. The van der Waals surface area contributed by atoms with Crippen LogP contribution in [0.3, 0.4) is 0 Å². The van der Waals surface area contributed by atoms with Crippen LogP contribution in [0.25, 0.3) is 0 Å². The molecule has 0 aliphatic rings. The van der Waals surface area contributed by atoms with E-state index in [1.54, 1.807) is 0 Å². The first-order chi connectivity index (χ1) is 10.2.